The van der Waals surface area contributed by atoms with Gasteiger partial charge in [-0.25, -0.2) is 0 Å². The Kier molecular flexibility index (Phi) is 3.62. The van der Waals surface area contributed by atoms with Gasteiger partial charge in [-0.3, -0.25) is 0 Å². The molecule has 0 radical (unpaired) electrons. The van der Waals surface area contributed by atoms with Gasteiger partial charge in [0.05, 0.1) is 6.54 Å². The lowest BCUT2D eigenvalue weighted by Crippen LogP contribution is -2.32. The van der Waals surface area contributed by atoms with Crippen LogP contribution < -0.4 is 5.32 Å². The van der Waals surface area contributed by atoms with Crippen molar-refractivity contribution in [1.82, 2.24) is 5.32 Å². The highest BCUT2D eigenvalue weighted by atomic mass is 14.9. The monoisotopic (exact) mass is 165 g/mol. The number of hydrogen-bond acceptors (Lipinski definition) is 1. The van der Waals surface area contributed by atoms with E-state index in [2.05, 4.69) is 25.1 Å². The van der Waals surface area contributed by atoms with Crippen LogP contribution in [-0.2, 0) is 0 Å². The van der Waals surface area contributed by atoms with Gasteiger partial charge in [0.15, 0.2) is 0 Å². The average molecular weight is 165 g/mol. The maximum absolute atomic E-state index is 5.21. The van der Waals surface area contributed by atoms with E-state index >= 15 is 0 Å². The smallest absolute Gasteiger partial charge is 0.0576 e. The fraction of sp³-hybridized carbons (Fsp3) is 0.818. The Morgan fingerprint density at radius 3 is 2.75 bits per heavy atom. The van der Waals surface area contributed by atoms with E-state index in [1.165, 1.54) is 19.3 Å². The lowest BCUT2D eigenvalue weighted by atomic mass is 9.93. The first-order valence-corrected chi connectivity index (χ1v) is 4.96. The van der Waals surface area contributed by atoms with E-state index in [4.69, 9.17) is 6.42 Å². The molecule has 0 heterocycles. The van der Waals surface area contributed by atoms with Gasteiger partial charge in [-0.05, 0) is 24.7 Å². The molecule has 1 N–H and O–H groups in total. The summed E-state index contributed by atoms with van der Waals surface area (Å²) >= 11 is 0. The molecule has 1 heteroatoms. The molecule has 0 aromatic heterocycles. The zero-order valence-electron chi connectivity index (χ0n) is 8.14. The number of hydrogen-bond donors (Lipinski definition) is 1. The standard InChI is InChI=1S/C11H19N/c1-4-8-12-11-7-6-10(5-2)9(11)3/h1,9-12H,5-8H2,2-3H3. The molecule has 1 rings (SSSR count). The van der Waals surface area contributed by atoms with Crippen molar-refractivity contribution in [1.29, 1.82) is 0 Å². The minimum Gasteiger partial charge on any atom is -0.303 e. The summed E-state index contributed by atoms with van der Waals surface area (Å²) in [5.41, 5.74) is 0. The first-order valence-electron chi connectivity index (χ1n) is 4.96. The van der Waals surface area contributed by atoms with E-state index < -0.39 is 0 Å². The van der Waals surface area contributed by atoms with Gasteiger partial charge in [-0.15, -0.1) is 6.42 Å². The second-order valence-electron chi connectivity index (χ2n) is 3.80. The van der Waals surface area contributed by atoms with E-state index in [0.717, 1.165) is 18.4 Å². The van der Waals surface area contributed by atoms with Crippen LogP contribution in [0.15, 0.2) is 0 Å². The average Bonchev–Trinajstić information content (AvgIpc) is 2.43. The van der Waals surface area contributed by atoms with Crippen molar-refractivity contribution in [3.63, 3.8) is 0 Å². The molecule has 1 aliphatic carbocycles. The van der Waals surface area contributed by atoms with Gasteiger partial charge in [-0.1, -0.05) is 26.2 Å². The second kappa shape index (κ2) is 4.52. The molecule has 68 valence electrons. The fourth-order valence-corrected chi connectivity index (χ4v) is 2.30. The molecule has 3 unspecified atom stereocenters. The fourth-order valence-electron chi connectivity index (χ4n) is 2.30. The van der Waals surface area contributed by atoms with Crippen LogP contribution in [0.3, 0.4) is 0 Å². The first-order chi connectivity index (χ1) is 5.79. The topological polar surface area (TPSA) is 12.0 Å². The number of nitrogens with one attached hydrogen (secondary N) is 1. The highest BCUT2D eigenvalue weighted by molar-refractivity contribution is 4.92. The molecule has 0 saturated heterocycles. The van der Waals surface area contributed by atoms with Crippen molar-refractivity contribution in [2.75, 3.05) is 6.54 Å². The van der Waals surface area contributed by atoms with Crippen LogP contribution in [-0.4, -0.2) is 12.6 Å². The van der Waals surface area contributed by atoms with Crippen LogP contribution in [0.1, 0.15) is 33.1 Å². The predicted molar refractivity (Wildman–Crippen MR) is 52.8 cm³/mol. The molecule has 1 fully saturated rings. The zero-order chi connectivity index (χ0) is 8.97. The molecule has 1 saturated carbocycles. The Morgan fingerprint density at radius 2 is 2.25 bits per heavy atom. The summed E-state index contributed by atoms with van der Waals surface area (Å²) in [4.78, 5) is 0. The zero-order valence-corrected chi connectivity index (χ0v) is 8.14. The van der Waals surface area contributed by atoms with Crippen LogP contribution in [0.4, 0.5) is 0 Å². The minimum absolute atomic E-state index is 0.672. The van der Waals surface area contributed by atoms with Crippen LogP contribution in [0.5, 0.6) is 0 Å². The van der Waals surface area contributed by atoms with Crippen molar-refractivity contribution in [2.45, 2.75) is 39.2 Å². The summed E-state index contributed by atoms with van der Waals surface area (Å²) < 4.78 is 0. The Balaban J connectivity index is 2.34. The Labute approximate surface area is 75.9 Å². The van der Waals surface area contributed by atoms with Crippen molar-refractivity contribution in [2.24, 2.45) is 11.8 Å². The minimum atomic E-state index is 0.672. The van der Waals surface area contributed by atoms with E-state index in [-0.39, 0.29) is 0 Å². The third-order valence-corrected chi connectivity index (χ3v) is 3.22. The van der Waals surface area contributed by atoms with E-state index in [0.29, 0.717) is 6.04 Å². The van der Waals surface area contributed by atoms with E-state index in [1.807, 2.05) is 0 Å². The van der Waals surface area contributed by atoms with Gasteiger partial charge < -0.3 is 5.32 Å². The molecule has 0 aromatic carbocycles. The Morgan fingerprint density at radius 1 is 1.50 bits per heavy atom. The van der Waals surface area contributed by atoms with Gasteiger partial charge in [-0.2, -0.15) is 0 Å². The van der Waals surface area contributed by atoms with Crippen molar-refractivity contribution < 1.29 is 0 Å². The summed E-state index contributed by atoms with van der Waals surface area (Å²) in [5, 5.41) is 3.41. The highest BCUT2D eigenvalue weighted by Gasteiger charge is 2.30. The van der Waals surface area contributed by atoms with E-state index in [9.17, 15) is 0 Å². The molecule has 0 amide bonds. The molecular formula is C11H19N. The molecule has 0 aliphatic heterocycles. The van der Waals surface area contributed by atoms with Gasteiger partial charge >= 0.3 is 0 Å². The van der Waals surface area contributed by atoms with Gasteiger partial charge in [0.1, 0.15) is 0 Å². The molecule has 0 bridgehead atoms. The maximum Gasteiger partial charge on any atom is 0.0576 e. The number of terminal acetylenes is 1. The summed E-state index contributed by atoms with van der Waals surface area (Å²) in [6, 6.07) is 0.672. The quantitative estimate of drug-likeness (QED) is 0.631. The highest BCUT2D eigenvalue weighted by Crippen LogP contribution is 2.33. The van der Waals surface area contributed by atoms with Gasteiger partial charge in [0, 0.05) is 6.04 Å². The predicted octanol–water partition coefficient (Wildman–Crippen LogP) is 2.03. The summed E-state index contributed by atoms with van der Waals surface area (Å²) in [5.74, 6) is 4.36. The molecule has 1 nitrogen and oxygen atoms in total. The molecule has 12 heavy (non-hydrogen) atoms. The van der Waals surface area contributed by atoms with Crippen molar-refractivity contribution in [3.8, 4) is 12.3 Å². The lowest BCUT2D eigenvalue weighted by Gasteiger charge is -2.19. The number of rotatable bonds is 3. The van der Waals surface area contributed by atoms with Crippen LogP contribution in [0.25, 0.3) is 0 Å². The normalized spacial score (nSPS) is 34.9. The summed E-state index contributed by atoms with van der Waals surface area (Å²) in [7, 11) is 0. The largest absolute Gasteiger partial charge is 0.303 e. The third kappa shape index (κ3) is 2.01. The molecule has 0 spiro atoms. The molecular weight excluding hydrogens is 146 g/mol. The first kappa shape index (κ1) is 9.61. The van der Waals surface area contributed by atoms with Gasteiger partial charge in [0.25, 0.3) is 0 Å². The van der Waals surface area contributed by atoms with Crippen molar-refractivity contribution in [3.05, 3.63) is 0 Å². The molecule has 3 atom stereocenters. The third-order valence-electron chi connectivity index (χ3n) is 3.22. The Hall–Kier alpha value is -0.480. The second-order valence-corrected chi connectivity index (χ2v) is 3.80. The Bertz CT molecular complexity index is 168. The SMILES string of the molecule is C#CCNC1CCC(CC)C1C. The molecule has 1 aliphatic rings. The van der Waals surface area contributed by atoms with Crippen LogP contribution >= 0.6 is 0 Å². The lowest BCUT2D eigenvalue weighted by molar-refractivity contribution is 0.353. The maximum atomic E-state index is 5.21. The van der Waals surface area contributed by atoms with Gasteiger partial charge in [0.2, 0.25) is 0 Å². The van der Waals surface area contributed by atoms with Crippen molar-refractivity contribution >= 4 is 0 Å². The summed E-state index contributed by atoms with van der Waals surface area (Å²) in [6.45, 7) is 5.35. The van der Waals surface area contributed by atoms with E-state index in [1.54, 1.807) is 0 Å². The molecule has 0 aromatic rings. The van der Waals surface area contributed by atoms with Crippen LogP contribution in [0, 0.1) is 24.2 Å². The van der Waals surface area contributed by atoms with Crippen LogP contribution in [0.2, 0.25) is 0 Å². The summed E-state index contributed by atoms with van der Waals surface area (Å²) in [6.07, 6.45) is 9.20.